The van der Waals surface area contributed by atoms with Crippen LogP contribution in [0.2, 0.25) is 0 Å². The fourth-order valence-corrected chi connectivity index (χ4v) is 2.40. The largest absolute Gasteiger partial charge is 0.416 e. The molecule has 0 radical (unpaired) electrons. The lowest BCUT2D eigenvalue weighted by Gasteiger charge is -2.09. The zero-order valence-corrected chi connectivity index (χ0v) is 12.9. The van der Waals surface area contributed by atoms with Crippen molar-refractivity contribution >= 4 is 12.2 Å². The minimum absolute atomic E-state index is 0.0222. The number of alkyl halides is 3. The normalized spacial score (nSPS) is 11.8. The predicted molar refractivity (Wildman–Crippen MR) is 90.7 cm³/mol. The fourth-order valence-electron chi connectivity index (χ4n) is 2.40. The zero-order chi connectivity index (χ0) is 17.9. The molecule has 1 N–H and O–H groups in total. The number of rotatable bonds is 3. The standard InChI is InChI=1S/C19H13F3N2O/c20-19(21,22)16-9-5-4-6-13(16)10-11-15-12-17(24-18(25)23-15)14-7-2-1-3-8-14/h1-12H,(H,23,24,25)/b11-10+. The highest BCUT2D eigenvalue weighted by atomic mass is 19.4. The molecule has 0 bridgehead atoms. The first kappa shape index (κ1) is 16.7. The Morgan fingerprint density at radius 2 is 1.60 bits per heavy atom. The predicted octanol–water partition coefficient (Wildman–Crippen LogP) is 4.63. The van der Waals surface area contributed by atoms with Crippen molar-refractivity contribution in [2.45, 2.75) is 6.18 Å². The van der Waals surface area contributed by atoms with Crippen LogP contribution in [-0.4, -0.2) is 9.97 Å². The van der Waals surface area contributed by atoms with Gasteiger partial charge in [-0.3, -0.25) is 0 Å². The van der Waals surface area contributed by atoms with Gasteiger partial charge in [0.15, 0.2) is 0 Å². The maximum absolute atomic E-state index is 13.0. The van der Waals surface area contributed by atoms with Gasteiger partial charge < -0.3 is 4.98 Å². The third kappa shape index (κ3) is 4.03. The van der Waals surface area contributed by atoms with Crippen LogP contribution >= 0.6 is 0 Å². The van der Waals surface area contributed by atoms with E-state index in [1.165, 1.54) is 30.4 Å². The van der Waals surface area contributed by atoms with E-state index in [9.17, 15) is 18.0 Å². The van der Waals surface area contributed by atoms with Crippen LogP contribution in [-0.2, 0) is 6.18 Å². The Morgan fingerprint density at radius 3 is 2.32 bits per heavy atom. The first-order chi connectivity index (χ1) is 11.9. The molecule has 25 heavy (non-hydrogen) atoms. The summed E-state index contributed by atoms with van der Waals surface area (Å²) in [5.74, 6) is 0. The van der Waals surface area contributed by atoms with Gasteiger partial charge in [0.1, 0.15) is 0 Å². The van der Waals surface area contributed by atoms with Crippen LogP contribution in [0.25, 0.3) is 23.4 Å². The number of benzene rings is 2. The molecular weight excluding hydrogens is 329 g/mol. The molecule has 3 rings (SSSR count). The number of aromatic amines is 1. The molecule has 0 amide bonds. The average Bonchev–Trinajstić information content (AvgIpc) is 2.60. The van der Waals surface area contributed by atoms with Crippen LogP contribution in [0.3, 0.4) is 0 Å². The van der Waals surface area contributed by atoms with E-state index in [1.54, 1.807) is 18.2 Å². The first-order valence-electron chi connectivity index (χ1n) is 7.44. The van der Waals surface area contributed by atoms with Crippen molar-refractivity contribution in [3.05, 3.63) is 88.0 Å². The summed E-state index contributed by atoms with van der Waals surface area (Å²) in [7, 11) is 0. The topological polar surface area (TPSA) is 45.8 Å². The molecule has 0 spiro atoms. The van der Waals surface area contributed by atoms with Gasteiger partial charge in [-0.1, -0.05) is 54.6 Å². The number of hydrogen-bond donors (Lipinski definition) is 1. The maximum atomic E-state index is 13.0. The second-order valence-corrected chi connectivity index (χ2v) is 5.31. The monoisotopic (exact) mass is 342 g/mol. The van der Waals surface area contributed by atoms with E-state index in [1.807, 2.05) is 18.2 Å². The minimum atomic E-state index is -4.44. The van der Waals surface area contributed by atoms with Crippen LogP contribution in [0.4, 0.5) is 13.2 Å². The van der Waals surface area contributed by atoms with Crippen LogP contribution in [0.1, 0.15) is 16.8 Å². The number of nitrogens with one attached hydrogen (secondary N) is 1. The molecule has 2 aromatic carbocycles. The molecule has 0 unspecified atom stereocenters. The smallest absolute Gasteiger partial charge is 0.306 e. The van der Waals surface area contributed by atoms with Gasteiger partial charge in [-0.15, -0.1) is 0 Å². The highest BCUT2D eigenvalue weighted by Crippen LogP contribution is 2.32. The summed E-state index contributed by atoms with van der Waals surface area (Å²) in [6.07, 6.45) is -1.69. The van der Waals surface area contributed by atoms with E-state index < -0.39 is 17.4 Å². The van der Waals surface area contributed by atoms with Gasteiger partial charge in [0.25, 0.3) is 0 Å². The van der Waals surface area contributed by atoms with Gasteiger partial charge in [-0.25, -0.2) is 4.79 Å². The van der Waals surface area contributed by atoms with Gasteiger partial charge in [0.05, 0.1) is 11.3 Å². The lowest BCUT2D eigenvalue weighted by Crippen LogP contribution is -2.12. The molecule has 0 aliphatic rings. The van der Waals surface area contributed by atoms with E-state index in [2.05, 4.69) is 9.97 Å². The number of H-pyrrole nitrogens is 1. The molecular formula is C19H13F3N2O. The minimum Gasteiger partial charge on any atom is -0.306 e. The molecule has 1 heterocycles. The molecule has 0 aliphatic carbocycles. The van der Waals surface area contributed by atoms with Crippen molar-refractivity contribution in [2.24, 2.45) is 0 Å². The molecule has 0 saturated carbocycles. The van der Waals surface area contributed by atoms with Gasteiger partial charge in [-0.05, 0) is 23.8 Å². The van der Waals surface area contributed by atoms with Gasteiger partial charge in [-0.2, -0.15) is 18.2 Å². The Labute approximate surface area is 141 Å². The summed E-state index contributed by atoms with van der Waals surface area (Å²) in [6.45, 7) is 0. The van der Waals surface area contributed by atoms with E-state index in [0.717, 1.165) is 11.6 Å². The van der Waals surface area contributed by atoms with Gasteiger partial charge in [0.2, 0.25) is 0 Å². The Balaban J connectivity index is 1.98. The summed E-state index contributed by atoms with van der Waals surface area (Å²) in [6, 6.07) is 15.9. The van der Waals surface area contributed by atoms with E-state index >= 15 is 0 Å². The maximum Gasteiger partial charge on any atom is 0.416 e. The van der Waals surface area contributed by atoms with Crippen molar-refractivity contribution in [1.82, 2.24) is 9.97 Å². The summed E-state index contributed by atoms with van der Waals surface area (Å²) >= 11 is 0. The van der Waals surface area contributed by atoms with Gasteiger partial charge >= 0.3 is 11.9 Å². The van der Waals surface area contributed by atoms with Crippen LogP contribution in [0, 0.1) is 0 Å². The van der Waals surface area contributed by atoms with Crippen molar-refractivity contribution in [3.63, 3.8) is 0 Å². The molecule has 0 aliphatic heterocycles. The second kappa shape index (κ2) is 6.76. The van der Waals surface area contributed by atoms with E-state index in [4.69, 9.17) is 0 Å². The lowest BCUT2D eigenvalue weighted by atomic mass is 10.1. The summed E-state index contributed by atoms with van der Waals surface area (Å²) in [5.41, 5.74) is 0.299. The molecule has 126 valence electrons. The average molecular weight is 342 g/mol. The lowest BCUT2D eigenvalue weighted by molar-refractivity contribution is -0.137. The number of aromatic nitrogens is 2. The first-order valence-corrected chi connectivity index (χ1v) is 7.44. The van der Waals surface area contributed by atoms with Crippen molar-refractivity contribution < 1.29 is 13.2 Å². The molecule has 3 nitrogen and oxygen atoms in total. The van der Waals surface area contributed by atoms with E-state index in [-0.39, 0.29) is 5.56 Å². The van der Waals surface area contributed by atoms with Crippen LogP contribution in [0.15, 0.2) is 65.5 Å². The summed E-state index contributed by atoms with van der Waals surface area (Å²) in [4.78, 5) is 18.1. The highest BCUT2D eigenvalue weighted by molar-refractivity contribution is 5.72. The van der Waals surface area contributed by atoms with Crippen LogP contribution < -0.4 is 5.69 Å². The summed E-state index contributed by atoms with van der Waals surface area (Å²) in [5, 5.41) is 0. The molecule has 0 atom stereocenters. The molecule has 1 aromatic heterocycles. The SMILES string of the molecule is O=c1nc(-c2ccccc2)cc(/C=C/c2ccccc2C(F)(F)F)[nH]1. The van der Waals surface area contributed by atoms with Crippen molar-refractivity contribution in [2.75, 3.05) is 0 Å². The molecule has 0 saturated heterocycles. The Morgan fingerprint density at radius 1 is 0.920 bits per heavy atom. The quantitative estimate of drug-likeness (QED) is 0.754. The second-order valence-electron chi connectivity index (χ2n) is 5.31. The zero-order valence-electron chi connectivity index (χ0n) is 12.9. The van der Waals surface area contributed by atoms with Crippen LogP contribution in [0.5, 0.6) is 0 Å². The number of halogens is 3. The van der Waals surface area contributed by atoms with Crippen molar-refractivity contribution in [3.8, 4) is 11.3 Å². The van der Waals surface area contributed by atoms with Crippen molar-refractivity contribution in [1.29, 1.82) is 0 Å². The van der Waals surface area contributed by atoms with E-state index in [0.29, 0.717) is 11.4 Å². The third-order valence-electron chi connectivity index (χ3n) is 3.54. The summed E-state index contributed by atoms with van der Waals surface area (Å²) < 4.78 is 39.1. The molecule has 0 fully saturated rings. The molecule has 6 heteroatoms. The Kier molecular flexibility index (Phi) is 4.52. The number of hydrogen-bond acceptors (Lipinski definition) is 2. The number of nitrogens with zero attached hydrogens (tertiary/aromatic N) is 1. The van der Waals surface area contributed by atoms with Gasteiger partial charge in [0, 0.05) is 11.3 Å². The third-order valence-corrected chi connectivity index (χ3v) is 3.54. The fraction of sp³-hybridized carbons (Fsp3) is 0.0526. The molecule has 3 aromatic rings. The Bertz CT molecular complexity index is 960. The highest BCUT2D eigenvalue weighted by Gasteiger charge is 2.32. The Hall–Kier alpha value is -3.15.